The molecule has 0 spiro atoms. The molecule has 0 saturated carbocycles. The Morgan fingerprint density at radius 2 is 2.00 bits per heavy atom. The lowest BCUT2D eigenvalue weighted by molar-refractivity contribution is -0.121. The first-order chi connectivity index (χ1) is 13.6. The van der Waals surface area contributed by atoms with Gasteiger partial charge in [-0.3, -0.25) is 4.79 Å². The summed E-state index contributed by atoms with van der Waals surface area (Å²) in [6, 6.07) is 11.6. The molecule has 0 saturated heterocycles. The molecule has 28 heavy (non-hydrogen) atoms. The molecule has 0 fully saturated rings. The molecule has 1 aromatic heterocycles. The Morgan fingerprint density at radius 3 is 2.79 bits per heavy atom. The first-order valence-electron chi connectivity index (χ1n) is 9.36. The van der Waals surface area contributed by atoms with Gasteiger partial charge in [0.1, 0.15) is 0 Å². The molecule has 1 amide bonds. The number of methoxy groups -OCH3 is 2. The summed E-state index contributed by atoms with van der Waals surface area (Å²) in [5.74, 6) is 1.31. The van der Waals surface area contributed by atoms with Gasteiger partial charge in [-0.15, -0.1) is 0 Å². The Morgan fingerprint density at radius 1 is 1.18 bits per heavy atom. The van der Waals surface area contributed by atoms with Gasteiger partial charge in [-0.05, 0) is 54.7 Å². The van der Waals surface area contributed by atoms with Gasteiger partial charge in [-0.1, -0.05) is 23.7 Å². The number of carbonyl (C=O) groups excluding carboxylic acids is 1. The van der Waals surface area contributed by atoms with Crippen molar-refractivity contribution in [3.63, 3.8) is 0 Å². The van der Waals surface area contributed by atoms with Crippen molar-refractivity contribution >= 4 is 28.4 Å². The van der Waals surface area contributed by atoms with E-state index >= 15 is 0 Å². The fourth-order valence-corrected chi connectivity index (χ4v) is 4.15. The SMILES string of the molecule is COc1ccc(CC(=O)NC2CCc3[nH]c4cc(Cl)ccc4c3C2)cc1OC. The summed E-state index contributed by atoms with van der Waals surface area (Å²) in [5.41, 5.74) is 4.50. The number of halogens is 1. The van der Waals surface area contributed by atoms with Crippen LogP contribution in [0.2, 0.25) is 5.02 Å². The molecule has 146 valence electrons. The van der Waals surface area contributed by atoms with Gasteiger partial charge in [0.15, 0.2) is 11.5 Å². The summed E-state index contributed by atoms with van der Waals surface area (Å²) in [6.07, 6.45) is 2.98. The fourth-order valence-electron chi connectivity index (χ4n) is 3.98. The number of carbonyl (C=O) groups is 1. The third-order valence-corrected chi connectivity index (χ3v) is 5.56. The quantitative estimate of drug-likeness (QED) is 0.681. The first kappa shape index (κ1) is 18.7. The van der Waals surface area contributed by atoms with Crippen LogP contribution in [-0.2, 0) is 24.1 Å². The Labute approximate surface area is 169 Å². The van der Waals surface area contributed by atoms with Gasteiger partial charge in [0.2, 0.25) is 5.91 Å². The van der Waals surface area contributed by atoms with E-state index in [9.17, 15) is 4.79 Å². The van der Waals surface area contributed by atoms with Crippen LogP contribution in [0.4, 0.5) is 0 Å². The zero-order valence-electron chi connectivity index (χ0n) is 16.0. The van der Waals surface area contributed by atoms with Crippen LogP contribution in [0, 0.1) is 0 Å². The van der Waals surface area contributed by atoms with Crippen LogP contribution in [0.15, 0.2) is 36.4 Å². The average Bonchev–Trinajstić information content (AvgIpc) is 3.04. The highest BCUT2D eigenvalue weighted by Crippen LogP contribution is 2.31. The molecule has 1 aliphatic rings. The van der Waals surface area contributed by atoms with Gasteiger partial charge in [0.25, 0.3) is 0 Å². The van der Waals surface area contributed by atoms with Gasteiger partial charge < -0.3 is 19.8 Å². The van der Waals surface area contributed by atoms with Gasteiger partial charge in [-0.2, -0.15) is 0 Å². The second kappa shape index (κ2) is 7.76. The third-order valence-electron chi connectivity index (χ3n) is 5.33. The van der Waals surface area contributed by atoms with E-state index in [1.165, 1.54) is 16.6 Å². The average molecular weight is 399 g/mol. The summed E-state index contributed by atoms with van der Waals surface area (Å²) in [7, 11) is 3.19. The van der Waals surface area contributed by atoms with E-state index < -0.39 is 0 Å². The minimum atomic E-state index is 0.0172. The Balaban J connectivity index is 1.44. The van der Waals surface area contributed by atoms with Crippen LogP contribution in [-0.4, -0.2) is 31.2 Å². The van der Waals surface area contributed by atoms with Crippen LogP contribution in [0.25, 0.3) is 10.9 Å². The predicted octanol–water partition coefficient (Wildman–Crippen LogP) is 4.05. The lowest BCUT2D eigenvalue weighted by atomic mass is 9.91. The molecule has 1 unspecified atom stereocenters. The van der Waals surface area contributed by atoms with Crippen LogP contribution in [0.3, 0.4) is 0 Å². The minimum Gasteiger partial charge on any atom is -0.493 e. The molecule has 2 N–H and O–H groups in total. The molecule has 3 aromatic rings. The number of amides is 1. The number of ether oxygens (including phenoxy) is 2. The normalized spacial score (nSPS) is 15.9. The summed E-state index contributed by atoms with van der Waals surface area (Å²) >= 11 is 6.10. The number of aromatic nitrogens is 1. The van der Waals surface area contributed by atoms with Crippen molar-refractivity contribution in [2.75, 3.05) is 14.2 Å². The molecule has 2 aromatic carbocycles. The molecule has 0 radical (unpaired) electrons. The van der Waals surface area contributed by atoms with Crippen molar-refractivity contribution in [1.82, 2.24) is 10.3 Å². The summed E-state index contributed by atoms with van der Waals surface area (Å²) in [6.45, 7) is 0. The number of aryl methyl sites for hydroxylation is 1. The lowest BCUT2D eigenvalue weighted by Gasteiger charge is -2.23. The Bertz CT molecular complexity index is 1030. The molecule has 1 aliphatic carbocycles. The maximum atomic E-state index is 12.6. The van der Waals surface area contributed by atoms with Crippen molar-refractivity contribution in [2.24, 2.45) is 0 Å². The number of nitrogens with one attached hydrogen (secondary N) is 2. The van der Waals surface area contributed by atoms with Gasteiger partial charge in [-0.25, -0.2) is 0 Å². The van der Waals surface area contributed by atoms with Gasteiger partial charge in [0.05, 0.1) is 20.6 Å². The molecule has 1 heterocycles. The van der Waals surface area contributed by atoms with Crippen molar-refractivity contribution in [3.05, 3.63) is 58.2 Å². The number of hydrogen-bond acceptors (Lipinski definition) is 3. The Hall–Kier alpha value is -2.66. The molecule has 4 rings (SSSR count). The summed E-state index contributed by atoms with van der Waals surface area (Å²) in [5, 5.41) is 5.11. The van der Waals surface area contributed by atoms with Crippen molar-refractivity contribution in [1.29, 1.82) is 0 Å². The molecule has 5 nitrogen and oxygen atoms in total. The summed E-state index contributed by atoms with van der Waals surface area (Å²) in [4.78, 5) is 16.1. The highest BCUT2D eigenvalue weighted by molar-refractivity contribution is 6.31. The van der Waals surface area contributed by atoms with E-state index in [-0.39, 0.29) is 11.9 Å². The largest absolute Gasteiger partial charge is 0.493 e. The second-order valence-electron chi connectivity index (χ2n) is 7.15. The van der Waals surface area contributed by atoms with Crippen LogP contribution < -0.4 is 14.8 Å². The molecule has 6 heteroatoms. The number of H-pyrrole nitrogens is 1. The van der Waals surface area contributed by atoms with E-state index in [0.717, 1.165) is 35.4 Å². The topological polar surface area (TPSA) is 63.3 Å². The zero-order valence-corrected chi connectivity index (χ0v) is 16.7. The van der Waals surface area contributed by atoms with Crippen LogP contribution in [0.1, 0.15) is 23.2 Å². The van der Waals surface area contributed by atoms with E-state index in [2.05, 4.69) is 16.4 Å². The summed E-state index contributed by atoms with van der Waals surface area (Å²) < 4.78 is 10.6. The van der Waals surface area contributed by atoms with Gasteiger partial charge >= 0.3 is 0 Å². The van der Waals surface area contributed by atoms with E-state index in [1.54, 1.807) is 14.2 Å². The van der Waals surface area contributed by atoms with Crippen molar-refractivity contribution in [3.8, 4) is 11.5 Å². The second-order valence-corrected chi connectivity index (χ2v) is 7.58. The number of aromatic amines is 1. The molecule has 1 atom stereocenters. The smallest absolute Gasteiger partial charge is 0.224 e. The number of rotatable bonds is 5. The molecular weight excluding hydrogens is 376 g/mol. The first-order valence-corrected chi connectivity index (χ1v) is 9.74. The Kier molecular flexibility index (Phi) is 5.18. The van der Waals surface area contributed by atoms with Crippen LogP contribution >= 0.6 is 11.6 Å². The fraction of sp³-hybridized carbons (Fsp3) is 0.318. The zero-order chi connectivity index (χ0) is 19.7. The molecular formula is C22H23ClN2O3. The minimum absolute atomic E-state index is 0.0172. The van der Waals surface area contributed by atoms with Crippen molar-refractivity contribution < 1.29 is 14.3 Å². The van der Waals surface area contributed by atoms with Gasteiger partial charge in [0, 0.05) is 27.7 Å². The maximum absolute atomic E-state index is 12.6. The predicted molar refractivity (Wildman–Crippen MR) is 111 cm³/mol. The van der Waals surface area contributed by atoms with E-state index in [0.29, 0.717) is 17.9 Å². The highest BCUT2D eigenvalue weighted by atomic mass is 35.5. The third kappa shape index (κ3) is 3.67. The highest BCUT2D eigenvalue weighted by Gasteiger charge is 2.24. The molecule has 0 bridgehead atoms. The number of fused-ring (bicyclic) bond motifs is 3. The van der Waals surface area contributed by atoms with E-state index in [4.69, 9.17) is 21.1 Å². The standard InChI is InChI=1S/C22H23ClN2O3/c1-27-20-8-3-13(9-21(20)28-2)10-22(26)24-15-5-7-18-17(12-15)16-6-4-14(23)11-19(16)25-18/h3-4,6,8-9,11,15,25H,5,7,10,12H2,1-2H3,(H,24,26). The number of hydrogen-bond donors (Lipinski definition) is 2. The molecule has 0 aliphatic heterocycles. The van der Waals surface area contributed by atoms with Crippen LogP contribution in [0.5, 0.6) is 11.5 Å². The monoisotopic (exact) mass is 398 g/mol. The van der Waals surface area contributed by atoms with Crippen molar-refractivity contribution in [2.45, 2.75) is 31.7 Å². The number of benzene rings is 2. The van der Waals surface area contributed by atoms with E-state index in [1.807, 2.05) is 30.3 Å². The maximum Gasteiger partial charge on any atom is 0.224 e. The lowest BCUT2D eigenvalue weighted by Crippen LogP contribution is -2.39.